The number of halogens is 1. The zero-order valence-corrected chi connectivity index (χ0v) is 27.3. The molecule has 6 rings (SSSR count). The van der Waals surface area contributed by atoms with Crippen LogP contribution in [-0.2, 0) is 4.74 Å². The molecule has 1 aromatic carbocycles. The minimum Gasteiger partial charge on any atom is -0.444 e. The van der Waals surface area contributed by atoms with Crippen molar-refractivity contribution in [2.24, 2.45) is 11.8 Å². The van der Waals surface area contributed by atoms with E-state index >= 15 is 0 Å². The first-order valence-electron chi connectivity index (χ1n) is 16.5. The molecule has 3 aromatic rings. The zero-order chi connectivity index (χ0) is 30.7. The Kier molecular flexibility index (Phi) is 9.64. The van der Waals surface area contributed by atoms with Gasteiger partial charge in [-0.1, -0.05) is 29.8 Å². The number of aromatic amines is 1. The van der Waals surface area contributed by atoms with Gasteiger partial charge in [-0.3, -0.25) is 0 Å². The highest BCUT2D eigenvalue weighted by Crippen LogP contribution is 2.33. The van der Waals surface area contributed by atoms with Crippen molar-refractivity contribution in [1.82, 2.24) is 29.7 Å². The summed E-state index contributed by atoms with van der Waals surface area (Å²) in [5.41, 5.74) is 2.40. The zero-order valence-electron chi connectivity index (χ0n) is 26.5. The average Bonchev–Trinajstić information content (AvgIpc) is 3.64. The van der Waals surface area contributed by atoms with Crippen molar-refractivity contribution in [2.75, 3.05) is 57.7 Å². The van der Waals surface area contributed by atoms with Crippen LogP contribution in [0.25, 0.3) is 22.2 Å². The Morgan fingerprint density at radius 2 is 1.75 bits per heavy atom. The molecule has 3 aliphatic heterocycles. The number of carbonyl (C=O) groups excluding carboxylic acids is 1. The number of anilines is 1. The second-order valence-corrected chi connectivity index (χ2v) is 14.4. The quantitative estimate of drug-likeness (QED) is 0.296. The molecule has 238 valence electrons. The predicted octanol–water partition coefficient (Wildman–Crippen LogP) is 6.51. The number of nitrogens with zero attached hydrogens (tertiary/aromatic N) is 5. The number of H-pyrrole nitrogens is 1. The van der Waals surface area contributed by atoms with E-state index in [2.05, 4.69) is 37.2 Å². The van der Waals surface area contributed by atoms with Crippen LogP contribution in [0.2, 0.25) is 5.02 Å². The molecule has 3 fully saturated rings. The smallest absolute Gasteiger partial charge is 0.410 e. The fourth-order valence-electron chi connectivity index (χ4n) is 7.04. The standard InChI is InChI=1S/C34H48ClN7O2/c1-34(2,3)44-33(43)42-18-11-25(12-19-42)22-40-14-8-24(9-15-40)10-16-41-17-13-26(23-41)38-32-37-21-29(35)31(39-32)28-20-36-30-7-5-4-6-27(28)30/h4-7,20-21,24-26,36H,8-19,22-23H2,1-3H3,(H,37,38,39)/t26-/m1/s1. The largest absolute Gasteiger partial charge is 0.444 e. The maximum Gasteiger partial charge on any atom is 0.410 e. The second-order valence-electron chi connectivity index (χ2n) is 14.0. The molecule has 1 atom stereocenters. The van der Waals surface area contributed by atoms with Gasteiger partial charge in [-0.25, -0.2) is 14.8 Å². The molecule has 0 saturated carbocycles. The van der Waals surface area contributed by atoms with Crippen LogP contribution in [0.5, 0.6) is 0 Å². The number of amides is 1. The number of hydrogen-bond donors (Lipinski definition) is 2. The van der Waals surface area contributed by atoms with Crippen molar-refractivity contribution in [1.29, 1.82) is 0 Å². The summed E-state index contributed by atoms with van der Waals surface area (Å²) in [4.78, 5) is 32.2. The van der Waals surface area contributed by atoms with Crippen molar-refractivity contribution in [3.05, 3.63) is 41.7 Å². The molecule has 0 unspecified atom stereocenters. The predicted molar refractivity (Wildman–Crippen MR) is 177 cm³/mol. The Labute approximate surface area is 266 Å². The van der Waals surface area contributed by atoms with Crippen LogP contribution in [0.15, 0.2) is 36.7 Å². The van der Waals surface area contributed by atoms with Crippen LogP contribution in [0.4, 0.5) is 10.7 Å². The molecule has 3 aliphatic rings. The summed E-state index contributed by atoms with van der Waals surface area (Å²) in [5, 5.41) is 5.25. The fraction of sp³-hybridized carbons (Fsp3) is 0.618. The normalized spacial score (nSPS) is 21.3. The Morgan fingerprint density at radius 3 is 2.52 bits per heavy atom. The van der Waals surface area contributed by atoms with E-state index in [0.29, 0.717) is 22.9 Å². The molecular formula is C34H48ClN7O2. The van der Waals surface area contributed by atoms with E-state index < -0.39 is 5.60 Å². The first-order chi connectivity index (χ1) is 21.2. The van der Waals surface area contributed by atoms with E-state index in [-0.39, 0.29) is 6.09 Å². The number of likely N-dealkylation sites (tertiary alicyclic amines) is 3. The summed E-state index contributed by atoms with van der Waals surface area (Å²) in [7, 11) is 0. The van der Waals surface area contributed by atoms with E-state index in [1.54, 1.807) is 6.20 Å². The number of piperidine rings is 2. The molecule has 10 heteroatoms. The summed E-state index contributed by atoms with van der Waals surface area (Å²) < 4.78 is 5.56. The molecule has 9 nitrogen and oxygen atoms in total. The van der Waals surface area contributed by atoms with Crippen LogP contribution >= 0.6 is 11.6 Å². The Bertz CT molecular complexity index is 1410. The number of rotatable bonds is 8. The van der Waals surface area contributed by atoms with Gasteiger partial charge in [0, 0.05) is 61.4 Å². The molecule has 0 aliphatic carbocycles. The third-order valence-electron chi connectivity index (χ3n) is 9.54. The third-order valence-corrected chi connectivity index (χ3v) is 9.81. The number of nitrogens with one attached hydrogen (secondary N) is 2. The lowest BCUT2D eigenvalue weighted by Gasteiger charge is -2.38. The summed E-state index contributed by atoms with van der Waals surface area (Å²) >= 11 is 6.54. The molecule has 3 saturated heterocycles. The number of ether oxygens (including phenoxy) is 1. The van der Waals surface area contributed by atoms with Crippen LogP contribution in [-0.4, -0.2) is 99.7 Å². The van der Waals surface area contributed by atoms with E-state index in [1.165, 1.54) is 38.9 Å². The van der Waals surface area contributed by atoms with Gasteiger partial charge in [-0.15, -0.1) is 0 Å². The molecule has 2 aromatic heterocycles. The lowest BCUT2D eigenvalue weighted by Crippen LogP contribution is -2.45. The van der Waals surface area contributed by atoms with Gasteiger partial charge < -0.3 is 29.7 Å². The number of aromatic nitrogens is 3. The summed E-state index contributed by atoms with van der Waals surface area (Å²) in [6.45, 7) is 14.3. The Balaban J connectivity index is 0.900. The van der Waals surface area contributed by atoms with Crippen molar-refractivity contribution >= 4 is 34.5 Å². The molecule has 0 bridgehead atoms. The first-order valence-corrected chi connectivity index (χ1v) is 16.9. The molecule has 5 heterocycles. The van der Waals surface area contributed by atoms with Gasteiger partial charge in [0.1, 0.15) is 5.60 Å². The fourth-order valence-corrected chi connectivity index (χ4v) is 7.23. The number of benzene rings is 1. The van der Waals surface area contributed by atoms with Gasteiger partial charge in [0.05, 0.1) is 16.9 Å². The molecule has 44 heavy (non-hydrogen) atoms. The van der Waals surface area contributed by atoms with Gasteiger partial charge in [0.2, 0.25) is 5.95 Å². The highest BCUT2D eigenvalue weighted by atomic mass is 35.5. The lowest BCUT2D eigenvalue weighted by atomic mass is 9.91. The summed E-state index contributed by atoms with van der Waals surface area (Å²) in [5.74, 6) is 2.14. The molecular weight excluding hydrogens is 574 g/mol. The lowest BCUT2D eigenvalue weighted by molar-refractivity contribution is 0.0163. The van der Waals surface area contributed by atoms with Crippen molar-refractivity contribution < 1.29 is 9.53 Å². The van der Waals surface area contributed by atoms with Crippen LogP contribution in [0.1, 0.15) is 59.3 Å². The second kappa shape index (κ2) is 13.6. The molecule has 2 N–H and O–H groups in total. The first kappa shape index (κ1) is 31.1. The molecule has 1 amide bonds. The van der Waals surface area contributed by atoms with Gasteiger partial charge >= 0.3 is 6.09 Å². The Morgan fingerprint density at radius 1 is 1.02 bits per heavy atom. The van der Waals surface area contributed by atoms with Crippen molar-refractivity contribution in [2.45, 2.75) is 70.9 Å². The van der Waals surface area contributed by atoms with Gasteiger partial charge in [0.15, 0.2) is 0 Å². The highest BCUT2D eigenvalue weighted by molar-refractivity contribution is 6.33. The topological polar surface area (TPSA) is 89.6 Å². The van der Waals surface area contributed by atoms with E-state index in [1.807, 2.05) is 44.0 Å². The number of carbonyl (C=O) groups is 1. The monoisotopic (exact) mass is 621 g/mol. The maximum atomic E-state index is 12.4. The van der Waals surface area contributed by atoms with Crippen LogP contribution in [0, 0.1) is 11.8 Å². The minimum atomic E-state index is -0.429. The van der Waals surface area contributed by atoms with Gasteiger partial charge in [-0.05, 0) is 96.8 Å². The van der Waals surface area contributed by atoms with Crippen molar-refractivity contribution in [3.63, 3.8) is 0 Å². The van der Waals surface area contributed by atoms with E-state index in [9.17, 15) is 4.79 Å². The summed E-state index contributed by atoms with van der Waals surface area (Å²) in [6, 6.07) is 8.55. The minimum absolute atomic E-state index is 0.161. The maximum absolute atomic E-state index is 12.4. The van der Waals surface area contributed by atoms with E-state index in [4.69, 9.17) is 21.3 Å². The number of fused-ring (bicyclic) bond motifs is 1. The average molecular weight is 622 g/mol. The molecule has 0 radical (unpaired) electrons. The number of para-hydroxylation sites is 1. The Hall–Kier alpha value is -2.88. The van der Waals surface area contributed by atoms with Crippen molar-refractivity contribution in [3.8, 4) is 11.3 Å². The van der Waals surface area contributed by atoms with Gasteiger partial charge in [0.25, 0.3) is 0 Å². The van der Waals surface area contributed by atoms with E-state index in [0.717, 1.165) is 80.1 Å². The third kappa shape index (κ3) is 7.85. The molecule has 0 spiro atoms. The SMILES string of the molecule is CC(C)(C)OC(=O)N1CCC(CN2CCC(CCN3CC[C@@H](Nc4ncc(Cl)c(-c5c[nH]c6ccccc56)n4)C3)CC2)CC1. The van der Waals surface area contributed by atoms with Gasteiger partial charge in [-0.2, -0.15) is 0 Å². The number of hydrogen-bond acceptors (Lipinski definition) is 7. The van der Waals surface area contributed by atoms with Crippen LogP contribution in [0.3, 0.4) is 0 Å². The van der Waals surface area contributed by atoms with Crippen LogP contribution < -0.4 is 5.32 Å². The summed E-state index contributed by atoms with van der Waals surface area (Å²) in [6.07, 6.45) is 10.6. The highest BCUT2D eigenvalue weighted by Gasteiger charge is 2.30.